The monoisotopic (exact) mass is 324 g/mol. The molecular weight excluding hydrogens is 304 g/mol. The third kappa shape index (κ3) is 4.81. The SMILES string of the molecule is COC(=O)COc1ccc(C(=O)/C=C/c2ccc(C)cc2C)cc1. The second-order valence-corrected chi connectivity index (χ2v) is 5.45. The second kappa shape index (κ2) is 8.11. The number of allylic oxidation sites excluding steroid dienone is 1. The Balaban J connectivity index is 2.02. The van der Waals surface area contributed by atoms with Crippen molar-refractivity contribution in [3.05, 3.63) is 70.8 Å². The summed E-state index contributed by atoms with van der Waals surface area (Å²) in [6.45, 7) is 3.90. The highest BCUT2D eigenvalue weighted by molar-refractivity contribution is 6.06. The van der Waals surface area contributed by atoms with Gasteiger partial charge < -0.3 is 9.47 Å². The number of carbonyl (C=O) groups excluding carboxylic acids is 2. The summed E-state index contributed by atoms with van der Waals surface area (Å²) in [5.41, 5.74) is 3.90. The summed E-state index contributed by atoms with van der Waals surface area (Å²) in [7, 11) is 1.30. The topological polar surface area (TPSA) is 52.6 Å². The van der Waals surface area contributed by atoms with Gasteiger partial charge in [-0.05, 0) is 55.3 Å². The maximum absolute atomic E-state index is 12.2. The number of methoxy groups -OCH3 is 1. The molecule has 0 spiro atoms. The molecular formula is C20H20O4. The predicted molar refractivity (Wildman–Crippen MR) is 93.2 cm³/mol. The maximum atomic E-state index is 12.2. The first-order valence-electron chi connectivity index (χ1n) is 7.59. The molecule has 0 radical (unpaired) electrons. The summed E-state index contributed by atoms with van der Waals surface area (Å²) in [4.78, 5) is 23.2. The van der Waals surface area contributed by atoms with Crippen LogP contribution in [0.4, 0.5) is 0 Å². The average molecular weight is 324 g/mol. The quantitative estimate of drug-likeness (QED) is 0.461. The third-order valence-corrected chi connectivity index (χ3v) is 3.56. The number of benzene rings is 2. The van der Waals surface area contributed by atoms with Crippen LogP contribution in [0.3, 0.4) is 0 Å². The fourth-order valence-corrected chi connectivity index (χ4v) is 2.19. The summed E-state index contributed by atoms with van der Waals surface area (Å²) in [6, 6.07) is 12.7. The van der Waals surface area contributed by atoms with Crippen molar-refractivity contribution in [2.45, 2.75) is 13.8 Å². The van der Waals surface area contributed by atoms with Gasteiger partial charge in [0.15, 0.2) is 12.4 Å². The Hall–Kier alpha value is -2.88. The predicted octanol–water partition coefficient (Wildman–Crippen LogP) is 3.75. The number of hydrogen-bond donors (Lipinski definition) is 0. The molecule has 2 aromatic carbocycles. The summed E-state index contributed by atoms with van der Waals surface area (Å²) >= 11 is 0. The largest absolute Gasteiger partial charge is 0.482 e. The van der Waals surface area contributed by atoms with Crippen LogP contribution in [0.1, 0.15) is 27.0 Å². The van der Waals surface area contributed by atoms with Gasteiger partial charge in [0, 0.05) is 5.56 Å². The smallest absolute Gasteiger partial charge is 0.343 e. The minimum absolute atomic E-state index is 0.0884. The van der Waals surface area contributed by atoms with E-state index in [1.807, 2.05) is 32.1 Å². The molecule has 0 saturated carbocycles. The molecule has 0 aliphatic heterocycles. The number of ether oxygens (including phenoxy) is 2. The van der Waals surface area contributed by atoms with Crippen LogP contribution in [-0.2, 0) is 9.53 Å². The lowest BCUT2D eigenvalue weighted by Crippen LogP contribution is -2.12. The van der Waals surface area contributed by atoms with Gasteiger partial charge in [0.25, 0.3) is 0 Å². The first-order chi connectivity index (χ1) is 11.5. The van der Waals surface area contributed by atoms with Gasteiger partial charge in [0.05, 0.1) is 7.11 Å². The Kier molecular flexibility index (Phi) is 5.90. The van der Waals surface area contributed by atoms with Gasteiger partial charge in [-0.25, -0.2) is 4.79 Å². The Morgan fingerprint density at radius 1 is 1.04 bits per heavy atom. The first kappa shape index (κ1) is 17.5. The molecule has 0 aromatic heterocycles. The fourth-order valence-electron chi connectivity index (χ4n) is 2.19. The van der Waals surface area contributed by atoms with E-state index in [-0.39, 0.29) is 12.4 Å². The molecule has 0 saturated heterocycles. The molecule has 24 heavy (non-hydrogen) atoms. The van der Waals surface area contributed by atoms with E-state index in [1.165, 1.54) is 12.7 Å². The van der Waals surface area contributed by atoms with Gasteiger partial charge in [-0.15, -0.1) is 0 Å². The van der Waals surface area contributed by atoms with Crippen LogP contribution in [-0.4, -0.2) is 25.5 Å². The lowest BCUT2D eigenvalue weighted by molar-refractivity contribution is -0.142. The summed E-state index contributed by atoms with van der Waals surface area (Å²) < 4.78 is 9.74. The van der Waals surface area contributed by atoms with Crippen molar-refractivity contribution >= 4 is 17.8 Å². The number of esters is 1. The van der Waals surface area contributed by atoms with E-state index < -0.39 is 5.97 Å². The first-order valence-corrected chi connectivity index (χ1v) is 7.59. The van der Waals surface area contributed by atoms with Gasteiger partial charge in [-0.3, -0.25) is 4.79 Å². The van der Waals surface area contributed by atoms with Gasteiger partial charge in [0.2, 0.25) is 0 Å². The van der Waals surface area contributed by atoms with Crippen LogP contribution in [0, 0.1) is 13.8 Å². The zero-order chi connectivity index (χ0) is 17.5. The molecule has 124 valence electrons. The number of carbonyl (C=O) groups is 2. The zero-order valence-corrected chi connectivity index (χ0v) is 14.0. The lowest BCUT2D eigenvalue weighted by atomic mass is 10.0. The summed E-state index contributed by atoms with van der Waals surface area (Å²) in [6.07, 6.45) is 3.38. The normalized spacial score (nSPS) is 10.6. The minimum Gasteiger partial charge on any atom is -0.482 e. The van der Waals surface area contributed by atoms with Crippen molar-refractivity contribution in [2.24, 2.45) is 0 Å². The number of ketones is 1. The number of rotatable bonds is 6. The number of hydrogen-bond acceptors (Lipinski definition) is 4. The summed E-state index contributed by atoms with van der Waals surface area (Å²) in [5.74, 6) is -0.0312. The maximum Gasteiger partial charge on any atom is 0.343 e. The van der Waals surface area contributed by atoms with Crippen LogP contribution in [0.2, 0.25) is 0 Å². The Morgan fingerprint density at radius 3 is 2.38 bits per heavy atom. The van der Waals surface area contributed by atoms with E-state index >= 15 is 0 Å². The summed E-state index contributed by atoms with van der Waals surface area (Å²) in [5, 5.41) is 0. The van der Waals surface area contributed by atoms with Crippen molar-refractivity contribution in [3.63, 3.8) is 0 Å². The van der Waals surface area contributed by atoms with Crippen molar-refractivity contribution < 1.29 is 19.1 Å². The van der Waals surface area contributed by atoms with Gasteiger partial charge >= 0.3 is 5.97 Å². The van der Waals surface area contributed by atoms with Crippen molar-refractivity contribution in [3.8, 4) is 5.75 Å². The Bertz CT molecular complexity index is 758. The van der Waals surface area contributed by atoms with Crippen molar-refractivity contribution in [1.29, 1.82) is 0 Å². The molecule has 0 N–H and O–H groups in total. The van der Waals surface area contributed by atoms with Gasteiger partial charge in [-0.1, -0.05) is 29.8 Å². The van der Waals surface area contributed by atoms with Crippen LogP contribution in [0.25, 0.3) is 6.08 Å². The molecule has 0 bridgehead atoms. The van der Waals surface area contributed by atoms with Crippen molar-refractivity contribution in [1.82, 2.24) is 0 Å². The van der Waals surface area contributed by atoms with Crippen molar-refractivity contribution in [2.75, 3.05) is 13.7 Å². The van der Waals surface area contributed by atoms with E-state index in [0.29, 0.717) is 11.3 Å². The van der Waals surface area contributed by atoms with E-state index in [9.17, 15) is 9.59 Å². The molecule has 0 amide bonds. The Labute approximate surface area is 141 Å². The molecule has 0 heterocycles. The molecule has 0 aliphatic carbocycles. The van der Waals surface area contributed by atoms with Crippen LogP contribution in [0.5, 0.6) is 5.75 Å². The third-order valence-electron chi connectivity index (χ3n) is 3.56. The molecule has 2 aromatic rings. The molecule has 0 fully saturated rings. The number of aryl methyl sites for hydroxylation is 2. The molecule has 0 unspecified atom stereocenters. The second-order valence-electron chi connectivity index (χ2n) is 5.45. The van der Waals surface area contributed by atoms with Gasteiger partial charge in [-0.2, -0.15) is 0 Å². The highest BCUT2D eigenvalue weighted by atomic mass is 16.6. The lowest BCUT2D eigenvalue weighted by Gasteiger charge is -2.05. The average Bonchev–Trinajstić information content (AvgIpc) is 2.59. The zero-order valence-electron chi connectivity index (χ0n) is 14.0. The van der Waals surface area contributed by atoms with E-state index in [0.717, 1.165) is 11.1 Å². The van der Waals surface area contributed by atoms with Crippen LogP contribution < -0.4 is 4.74 Å². The molecule has 4 heteroatoms. The van der Waals surface area contributed by atoms with E-state index in [2.05, 4.69) is 10.8 Å². The van der Waals surface area contributed by atoms with E-state index in [4.69, 9.17) is 4.74 Å². The van der Waals surface area contributed by atoms with Crippen LogP contribution in [0.15, 0.2) is 48.5 Å². The molecule has 4 nitrogen and oxygen atoms in total. The minimum atomic E-state index is -0.452. The standard InChI is InChI=1S/C20H20O4/c1-14-4-5-16(15(2)12-14)8-11-19(21)17-6-9-18(10-7-17)24-13-20(22)23-3/h4-12H,13H2,1-3H3/b11-8+. The highest BCUT2D eigenvalue weighted by Gasteiger charge is 2.05. The molecule has 0 atom stereocenters. The van der Waals surface area contributed by atoms with Gasteiger partial charge in [0.1, 0.15) is 5.75 Å². The molecule has 0 aliphatic rings. The molecule has 2 rings (SSSR count). The highest BCUT2D eigenvalue weighted by Crippen LogP contribution is 2.15. The Morgan fingerprint density at radius 2 is 1.75 bits per heavy atom. The van der Waals surface area contributed by atoms with Crippen LogP contribution >= 0.6 is 0 Å². The van der Waals surface area contributed by atoms with E-state index in [1.54, 1.807) is 30.3 Å². The fraction of sp³-hybridized carbons (Fsp3) is 0.200.